The monoisotopic (exact) mass is 253 g/mol. The zero-order valence-electron chi connectivity index (χ0n) is 9.69. The van der Waals surface area contributed by atoms with E-state index in [4.69, 9.17) is 0 Å². The fourth-order valence-electron chi connectivity index (χ4n) is 2.05. The van der Waals surface area contributed by atoms with E-state index < -0.39 is 0 Å². The normalized spacial score (nSPS) is 17.1. The summed E-state index contributed by atoms with van der Waals surface area (Å²) in [5, 5.41) is 0. The topological polar surface area (TPSA) is 20.3 Å². The number of nitrogens with zero attached hydrogens (tertiary/aromatic N) is 1. The van der Waals surface area contributed by atoms with E-state index in [0.717, 1.165) is 43.8 Å². The molecule has 0 N–H and O–H groups in total. The number of hydrogen-bond acceptors (Lipinski definition) is 2. The summed E-state index contributed by atoms with van der Waals surface area (Å²) in [7, 11) is 0. The molecule has 4 heteroatoms. The van der Waals surface area contributed by atoms with Crippen LogP contribution in [0.2, 0.25) is 0 Å². The molecule has 0 atom stereocenters. The molecule has 0 radical (unpaired) electrons. The van der Waals surface area contributed by atoms with Gasteiger partial charge in [-0.2, -0.15) is 0 Å². The van der Waals surface area contributed by atoms with Crippen LogP contribution >= 0.6 is 0 Å². The van der Waals surface area contributed by atoms with Gasteiger partial charge in [0.25, 0.3) is 0 Å². The fourth-order valence-corrected chi connectivity index (χ4v) is 2.40. The number of likely N-dealkylation sites (tertiary alicyclic amines) is 1. The van der Waals surface area contributed by atoms with Gasteiger partial charge in [-0.05, 0) is 37.0 Å². The lowest BCUT2D eigenvalue weighted by Gasteiger charge is -2.26. The summed E-state index contributed by atoms with van der Waals surface area (Å²) in [5.41, 5.74) is 1.17. The largest absolute Gasteiger partial charge is 0.302 e. The van der Waals surface area contributed by atoms with Crippen LogP contribution in [-0.2, 0) is 17.7 Å². The van der Waals surface area contributed by atoms with Crippen LogP contribution in [0.15, 0.2) is 24.3 Å². The van der Waals surface area contributed by atoms with Gasteiger partial charge < -0.3 is 4.90 Å². The lowest BCUT2D eigenvalue weighted by atomic mass is 10.1. The Morgan fingerprint density at radius 1 is 1.18 bits per heavy atom. The molecule has 17 heavy (non-hydrogen) atoms. The first-order valence-electron chi connectivity index (χ1n) is 5.89. The molecule has 1 aromatic carbocycles. The average Bonchev–Trinajstić information content (AvgIpc) is 2.39. The van der Waals surface area contributed by atoms with Gasteiger partial charge >= 0.3 is 0 Å². The third-order valence-corrected chi connectivity index (χ3v) is 3.81. The van der Waals surface area contributed by atoms with Crippen LogP contribution in [0.1, 0.15) is 18.4 Å². The van der Waals surface area contributed by atoms with Crippen molar-refractivity contribution in [2.75, 3.05) is 19.6 Å². The van der Waals surface area contributed by atoms with Crippen molar-refractivity contribution >= 4 is 16.1 Å². The second-order valence-corrected chi connectivity index (χ2v) is 5.08. The zero-order valence-corrected chi connectivity index (χ0v) is 10.5. The van der Waals surface area contributed by atoms with Crippen molar-refractivity contribution in [3.63, 3.8) is 0 Å². The van der Waals surface area contributed by atoms with E-state index in [1.54, 1.807) is 0 Å². The quantitative estimate of drug-likeness (QED) is 0.766. The van der Waals surface area contributed by atoms with Gasteiger partial charge in [-0.1, -0.05) is 12.1 Å². The highest BCUT2D eigenvalue weighted by molar-refractivity contribution is 7.66. The first-order valence-corrected chi connectivity index (χ1v) is 6.63. The highest BCUT2D eigenvalue weighted by atomic mass is 32.1. The maximum absolute atomic E-state index is 12.7. The zero-order chi connectivity index (χ0) is 12.1. The molecule has 0 bridgehead atoms. The molecule has 2 nitrogen and oxygen atoms in total. The highest BCUT2D eigenvalue weighted by Crippen LogP contribution is 2.09. The molecule has 0 aliphatic carbocycles. The molecule has 0 aromatic heterocycles. The summed E-state index contributed by atoms with van der Waals surface area (Å²) in [5.74, 6) is -0.182. The van der Waals surface area contributed by atoms with E-state index in [2.05, 4.69) is 4.90 Å². The molecule has 1 saturated heterocycles. The van der Waals surface area contributed by atoms with Gasteiger partial charge in [0.05, 0.1) is 11.3 Å². The standard InChI is InChI=1S/C13H16FNOS/c14-12-3-1-11(2-4-12)5-8-15-9-6-13(17-16)7-10-15/h1-4H,5-10H2. The lowest BCUT2D eigenvalue weighted by Crippen LogP contribution is -2.35. The van der Waals surface area contributed by atoms with Gasteiger partial charge in [0.2, 0.25) is 0 Å². The Balaban J connectivity index is 1.79. The SMILES string of the molecule is O=S=C1CCN(CCc2ccc(F)cc2)CC1. The molecule has 1 aliphatic heterocycles. The van der Waals surface area contributed by atoms with E-state index in [9.17, 15) is 8.60 Å². The minimum atomic E-state index is -0.182. The second-order valence-electron chi connectivity index (χ2n) is 4.34. The Hall–Kier alpha value is -1.00. The number of rotatable bonds is 3. The Morgan fingerprint density at radius 3 is 2.41 bits per heavy atom. The maximum atomic E-state index is 12.7. The van der Waals surface area contributed by atoms with Gasteiger partial charge in [-0.15, -0.1) is 0 Å². The molecule has 0 unspecified atom stereocenters. The average molecular weight is 253 g/mol. The molecule has 0 amide bonds. The first kappa shape index (κ1) is 12.5. The van der Waals surface area contributed by atoms with E-state index in [0.29, 0.717) is 11.3 Å². The van der Waals surface area contributed by atoms with Gasteiger partial charge in [-0.25, -0.2) is 8.60 Å². The van der Waals surface area contributed by atoms with Gasteiger partial charge in [0.15, 0.2) is 0 Å². The van der Waals surface area contributed by atoms with Gasteiger partial charge in [0.1, 0.15) is 5.82 Å². The highest BCUT2D eigenvalue weighted by Gasteiger charge is 2.13. The Kier molecular flexibility index (Phi) is 4.45. The van der Waals surface area contributed by atoms with Crippen molar-refractivity contribution in [1.82, 2.24) is 4.90 Å². The van der Waals surface area contributed by atoms with E-state index in [1.807, 2.05) is 12.1 Å². The molecule has 1 aromatic rings. The molecular weight excluding hydrogens is 237 g/mol. The molecule has 92 valence electrons. The van der Waals surface area contributed by atoms with Crippen LogP contribution in [-0.4, -0.2) is 33.6 Å². The summed E-state index contributed by atoms with van der Waals surface area (Å²) < 4.78 is 23.3. The minimum Gasteiger partial charge on any atom is -0.302 e. The van der Waals surface area contributed by atoms with Crippen molar-refractivity contribution in [2.45, 2.75) is 19.3 Å². The lowest BCUT2D eigenvalue weighted by molar-refractivity contribution is 0.279. The van der Waals surface area contributed by atoms with E-state index in [-0.39, 0.29) is 5.82 Å². The van der Waals surface area contributed by atoms with Crippen molar-refractivity contribution in [3.05, 3.63) is 35.6 Å². The van der Waals surface area contributed by atoms with E-state index in [1.165, 1.54) is 17.7 Å². The van der Waals surface area contributed by atoms with Crippen molar-refractivity contribution in [1.29, 1.82) is 0 Å². The van der Waals surface area contributed by atoms with Crippen LogP contribution in [0, 0.1) is 5.82 Å². The van der Waals surface area contributed by atoms with Crippen LogP contribution in [0.4, 0.5) is 4.39 Å². The molecular formula is C13H16FNOS. The summed E-state index contributed by atoms with van der Waals surface area (Å²) in [4.78, 5) is 3.44. The molecule has 0 spiro atoms. The molecule has 0 saturated carbocycles. The number of piperidine rings is 1. The second kappa shape index (κ2) is 6.07. The Bertz CT molecular complexity index is 416. The van der Waals surface area contributed by atoms with Crippen LogP contribution in [0.25, 0.3) is 0 Å². The van der Waals surface area contributed by atoms with E-state index >= 15 is 0 Å². The fraction of sp³-hybridized carbons (Fsp3) is 0.462. The molecule has 1 aliphatic rings. The summed E-state index contributed by atoms with van der Waals surface area (Å²) >= 11 is 0.662. The minimum absolute atomic E-state index is 0.182. The summed E-state index contributed by atoms with van der Waals surface area (Å²) in [6, 6.07) is 6.69. The Morgan fingerprint density at radius 2 is 1.82 bits per heavy atom. The third-order valence-electron chi connectivity index (χ3n) is 3.16. The smallest absolute Gasteiger partial charge is 0.123 e. The predicted molar refractivity (Wildman–Crippen MR) is 68.9 cm³/mol. The third kappa shape index (κ3) is 3.75. The van der Waals surface area contributed by atoms with Crippen molar-refractivity contribution in [2.24, 2.45) is 0 Å². The van der Waals surface area contributed by atoms with Crippen molar-refractivity contribution in [3.8, 4) is 0 Å². The van der Waals surface area contributed by atoms with Crippen LogP contribution in [0.3, 0.4) is 0 Å². The van der Waals surface area contributed by atoms with Crippen LogP contribution < -0.4 is 0 Å². The summed E-state index contributed by atoms with van der Waals surface area (Å²) in [6.07, 6.45) is 2.77. The number of hydrogen-bond donors (Lipinski definition) is 0. The van der Waals surface area contributed by atoms with Crippen LogP contribution in [0.5, 0.6) is 0 Å². The van der Waals surface area contributed by atoms with Gasteiger partial charge in [-0.3, -0.25) is 0 Å². The molecule has 2 rings (SSSR count). The van der Waals surface area contributed by atoms with Gasteiger partial charge in [0, 0.05) is 24.5 Å². The predicted octanol–water partition coefficient (Wildman–Crippen LogP) is 1.85. The Labute approximate surface area is 105 Å². The molecule has 1 heterocycles. The summed E-state index contributed by atoms with van der Waals surface area (Å²) in [6.45, 7) is 2.94. The first-order chi connectivity index (χ1) is 8.28. The molecule has 1 fully saturated rings. The number of halogens is 1. The number of benzene rings is 1. The van der Waals surface area contributed by atoms with Crippen molar-refractivity contribution < 1.29 is 8.60 Å². The maximum Gasteiger partial charge on any atom is 0.123 e.